The van der Waals surface area contributed by atoms with Crippen molar-refractivity contribution in [2.24, 2.45) is 5.92 Å². The molecule has 8 heteroatoms. The third kappa shape index (κ3) is 4.86. The molecule has 2 heterocycles. The van der Waals surface area contributed by atoms with Gasteiger partial charge in [0.1, 0.15) is 5.82 Å². The molecule has 144 valence electrons. The summed E-state index contributed by atoms with van der Waals surface area (Å²) in [7, 11) is 0. The number of piperidine rings is 1. The van der Waals surface area contributed by atoms with E-state index in [9.17, 15) is 14.0 Å². The number of likely N-dealkylation sites (tertiary alicyclic amines) is 1. The quantitative estimate of drug-likeness (QED) is 0.831. The van der Waals surface area contributed by atoms with Crippen LogP contribution in [0.25, 0.3) is 0 Å². The summed E-state index contributed by atoms with van der Waals surface area (Å²) in [5.41, 5.74) is 1.08. The van der Waals surface area contributed by atoms with Crippen molar-refractivity contribution in [3.05, 3.63) is 46.9 Å². The summed E-state index contributed by atoms with van der Waals surface area (Å²) in [5.74, 6) is -0.0995. The minimum absolute atomic E-state index is 0.0215. The Morgan fingerprint density at radius 3 is 2.74 bits per heavy atom. The van der Waals surface area contributed by atoms with Crippen molar-refractivity contribution in [3.63, 3.8) is 0 Å². The molecule has 1 aliphatic heterocycles. The number of carbonyl (C=O) groups is 2. The Morgan fingerprint density at radius 2 is 2.11 bits per heavy atom. The van der Waals surface area contributed by atoms with Crippen molar-refractivity contribution in [1.29, 1.82) is 0 Å². The highest BCUT2D eigenvalue weighted by Gasteiger charge is 2.26. The van der Waals surface area contributed by atoms with Crippen molar-refractivity contribution in [1.82, 2.24) is 9.88 Å². The smallest absolute Gasteiger partial charge is 0.291 e. The summed E-state index contributed by atoms with van der Waals surface area (Å²) in [6.07, 6.45) is 4.07. The van der Waals surface area contributed by atoms with Gasteiger partial charge < -0.3 is 14.6 Å². The number of aromatic nitrogens is 1. The zero-order valence-electron chi connectivity index (χ0n) is 15.0. The summed E-state index contributed by atoms with van der Waals surface area (Å²) in [4.78, 5) is 30.2. The van der Waals surface area contributed by atoms with Gasteiger partial charge in [0.25, 0.3) is 5.91 Å². The Kier molecular flexibility index (Phi) is 6.11. The van der Waals surface area contributed by atoms with Gasteiger partial charge in [-0.15, -0.1) is 0 Å². The van der Waals surface area contributed by atoms with E-state index in [0.29, 0.717) is 42.6 Å². The minimum atomic E-state index is -0.517. The van der Waals surface area contributed by atoms with Crippen LogP contribution in [0.5, 0.6) is 0 Å². The minimum Gasteiger partial charge on any atom is -0.438 e. The first-order valence-electron chi connectivity index (χ1n) is 8.88. The number of halogens is 2. The number of rotatable bonds is 5. The molecule has 0 spiro atoms. The van der Waals surface area contributed by atoms with Gasteiger partial charge in [0.15, 0.2) is 6.39 Å². The van der Waals surface area contributed by atoms with Gasteiger partial charge in [-0.1, -0.05) is 11.6 Å². The Morgan fingerprint density at radius 1 is 1.37 bits per heavy atom. The number of hydrogen-bond acceptors (Lipinski definition) is 4. The van der Waals surface area contributed by atoms with Crippen LogP contribution in [-0.2, 0) is 4.79 Å². The van der Waals surface area contributed by atoms with Gasteiger partial charge in [0.05, 0.1) is 10.7 Å². The molecule has 0 unspecified atom stereocenters. The van der Waals surface area contributed by atoms with E-state index in [1.807, 2.05) is 0 Å². The lowest BCUT2D eigenvalue weighted by atomic mass is 9.92. The summed E-state index contributed by atoms with van der Waals surface area (Å²) in [6, 6.07) is 4.10. The summed E-state index contributed by atoms with van der Waals surface area (Å²) >= 11 is 5.71. The van der Waals surface area contributed by atoms with E-state index >= 15 is 0 Å². The number of nitrogens with one attached hydrogen (secondary N) is 1. The van der Waals surface area contributed by atoms with Crippen LogP contribution in [-0.4, -0.2) is 34.8 Å². The zero-order chi connectivity index (χ0) is 19.4. The van der Waals surface area contributed by atoms with E-state index < -0.39 is 5.82 Å². The molecule has 0 atom stereocenters. The molecule has 1 N–H and O–H groups in total. The monoisotopic (exact) mass is 393 g/mol. The molecule has 1 saturated heterocycles. The number of amides is 2. The largest absolute Gasteiger partial charge is 0.438 e. The Bertz CT molecular complexity index is 831. The van der Waals surface area contributed by atoms with E-state index in [1.54, 1.807) is 11.8 Å². The lowest BCUT2D eigenvalue weighted by molar-refractivity contribution is -0.116. The fourth-order valence-electron chi connectivity index (χ4n) is 3.21. The maximum Gasteiger partial charge on any atom is 0.291 e. The first-order valence-corrected chi connectivity index (χ1v) is 9.26. The number of nitrogens with zero attached hydrogens (tertiary/aromatic N) is 2. The van der Waals surface area contributed by atoms with Crippen molar-refractivity contribution >= 4 is 29.1 Å². The van der Waals surface area contributed by atoms with Gasteiger partial charge in [-0.3, -0.25) is 9.59 Å². The Balaban J connectivity index is 1.42. The number of oxazole rings is 1. The van der Waals surface area contributed by atoms with E-state index in [0.717, 1.165) is 19.3 Å². The normalized spacial score (nSPS) is 15.0. The van der Waals surface area contributed by atoms with E-state index in [4.69, 9.17) is 16.0 Å². The fourth-order valence-corrected chi connectivity index (χ4v) is 3.39. The third-order valence-corrected chi connectivity index (χ3v) is 5.11. The lowest BCUT2D eigenvalue weighted by Gasteiger charge is -2.31. The molecule has 6 nitrogen and oxygen atoms in total. The van der Waals surface area contributed by atoms with Gasteiger partial charge in [-0.25, -0.2) is 9.37 Å². The second-order valence-corrected chi connectivity index (χ2v) is 7.13. The highest BCUT2D eigenvalue weighted by molar-refractivity contribution is 6.31. The predicted octanol–water partition coefficient (Wildman–Crippen LogP) is 4.05. The first kappa shape index (κ1) is 19.4. The van der Waals surface area contributed by atoms with Crippen molar-refractivity contribution in [3.8, 4) is 0 Å². The van der Waals surface area contributed by atoms with Gasteiger partial charge in [-0.2, -0.15) is 0 Å². The average molecular weight is 394 g/mol. The Hall–Kier alpha value is -2.41. The lowest BCUT2D eigenvalue weighted by Crippen LogP contribution is -2.38. The predicted molar refractivity (Wildman–Crippen MR) is 99.1 cm³/mol. The van der Waals surface area contributed by atoms with Crippen LogP contribution in [0, 0.1) is 18.7 Å². The SMILES string of the molecule is Cc1ncoc1C(=O)N1CCC(CCC(=O)Nc2ccc(F)c(Cl)c2)CC1. The second-order valence-electron chi connectivity index (χ2n) is 6.72. The molecule has 1 aromatic carbocycles. The van der Waals surface area contributed by atoms with Gasteiger partial charge in [-0.05, 0) is 50.3 Å². The number of benzene rings is 1. The topological polar surface area (TPSA) is 75.4 Å². The maximum atomic E-state index is 13.1. The number of anilines is 1. The number of carbonyl (C=O) groups excluding carboxylic acids is 2. The summed E-state index contributed by atoms with van der Waals surface area (Å²) in [5, 5.41) is 2.71. The molecule has 0 bridgehead atoms. The van der Waals surface area contributed by atoms with E-state index in [1.165, 1.54) is 24.6 Å². The van der Waals surface area contributed by atoms with Gasteiger partial charge in [0.2, 0.25) is 11.7 Å². The molecule has 2 aromatic rings. The van der Waals surface area contributed by atoms with Gasteiger partial charge >= 0.3 is 0 Å². The molecule has 1 fully saturated rings. The standard InChI is InChI=1S/C19H21ClFN3O3/c1-12-18(27-11-22-12)19(26)24-8-6-13(7-9-24)2-5-17(25)23-14-3-4-16(21)15(20)10-14/h3-4,10-11,13H,2,5-9H2,1H3,(H,23,25). The summed E-state index contributed by atoms with van der Waals surface area (Å²) < 4.78 is 18.3. The molecule has 1 aromatic heterocycles. The highest BCUT2D eigenvalue weighted by atomic mass is 35.5. The maximum absolute atomic E-state index is 13.1. The molecular formula is C19H21ClFN3O3. The molecule has 0 radical (unpaired) electrons. The van der Waals surface area contributed by atoms with Crippen LogP contribution in [0.3, 0.4) is 0 Å². The number of aryl methyl sites for hydroxylation is 1. The molecule has 1 aliphatic rings. The van der Waals surface area contributed by atoms with Crippen molar-refractivity contribution < 1.29 is 18.4 Å². The van der Waals surface area contributed by atoms with Crippen LogP contribution in [0.4, 0.5) is 10.1 Å². The van der Waals surface area contributed by atoms with E-state index in [2.05, 4.69) is 10.3 Å². The number of hydrogen-bond donors (Lipinski definition) is 1. The molecule has 3 rings (SSSR count). The first-order chi connectivity index (χ1) is 12.9. The van der Waals surface area contributed by atoms with Gasteiger partial charge in [0, 0.05) is 25.2 Å². The Labute approximate surface area is 161 Å². The average Bonchev–Trinajstić information content (AvgIpc) is 3.09. The molecule has 0 saturated carbocycles. The van der Waals surface area contributed by atoms with E-state index in [-0.39, 0.29) is 16.8 Å². The van der Waals surface area contributed by atoms with Crippen LogP contribution in [0.2, 0.25) is 5.02 Å². The highest BCUT2D eigenvalue weighted by Crippen LogP contribution is 2.24. The van der Waals surface area contributed by atoms with Crippen LogP contribution >= 0.6 is 11.6 Å². The molecule has 2 amide bonds. The molecular weight excluding hydrogens is 373 g/mol. The fraction of sp³-hybridized carbons (Fsp3) is 0.421. The molecule has 0 aliphatic carbocycles. The molecule has 27 heavy (non-hydrogen) atoms. The van der Waals surface area contributed by atoms with Crippen LogP contribution in [0.15, 0.2) is 29.0 Å². The zero-order valence-corrected chi connectivity index (χ0v) is 15.8. The van der Waals surface area contributed by atoms with Crippen LogP contribution in [0.1, 0.15) is 41.9 Å². The second kappa shape index (κ2) is 8.52. The van der Waals surface area contributed by atoms with Crippen molar-refractivity contribution in [2.75, 3.05) is 18.4 Å². The summed E-state index contributed by atoms with van der Waals surface area (Å²) in [6.45, 7) is 3.02. The van der Waals surface area contributed by atoms with Crippen molar-refractivity contribution in [2.45, 2.75) is 32.6 Å². The third-order valence-electron chi connectivity index (χ3n) is 4.82. The van der Waals surface area contributed by atoms with Crippen LogP contribution < -0.4 is 5.32 Å².